The van der Waals surface area contributed by atoms with Crippen LogP contribution in [0.1, 0.15) is 24.5 Å². The van der Waals surface area contributed by atoms with Crippen LogP contribution in [0, 0.1) is 5.82 Å². The van der Waals surface area contributed by atoms with Crippen LogP contribution in [-0.2, 0) is 13.1 Å². The smallest absolute Gasteiger partial charge is 0.222 e. The van der Waals surface area contributed by atoms with Gasteiger partial charge < -0.3 is 15.1 Å². The van der Waals surface area contributed by atoms with Crippen molar-refractivity contribution in [1.82, 2.24) is 9.38 Å². The topological polar surface area (TPSA) is 34.2 Å². The molecule has 26 heavy (non-hydrogen) atoms. The summed E-state index contributed by atoms with van der Waals surface area (Å²) in [7, 11) is 0. The maximum absolute atomic E-state index is 13.2. The first-order valence-electron chi connectivity index (χ1n) is 9.50. The molecule has 0 bridgehead atoms. The van der Waals surface area contributed by atoms with Gasteiger partial charge in [-0.1, -0.05) is 31.7 Å². The van der Waals surface area contributed by atoms with E-state index in [-0.39, 0.29) is 5.82 Å². The standard InChI is InChI=1S/C21H25BFN3/c1-2-11-26(22-9-10-22)15-17-14-25(13-16-3-5-18(23)6-4-16)21-8-7-19(24)12-20(17)21/h3-8,12,14H,2,9-11,13,15,24H2,1H3. The van der Waals surface area contributed by atoms with Gasteiger partial charge >= 0.3 is 0 Å². The number of rotatable bonds is 7. The number of halogens is 1. The molecule has 2 aromatic carbocycles. The molecule has 1 aromatic heterocycles. The van der Waals surface area contributed by atoms with Crippen LogP contribution in [-0.4, -0.2) is 22.8 Å². The number of nitrogens with two attached hydrogens (primary N) is 1. The van der Waals surface area contributed by atoms with Gasteiger partial charge in [0.15, 0.2) is 0 Å². The van der Waals surface area contributed by atoms with E-state index in [2.05, 4.69) is 34.6 Å². The van der Waals surface area contributed by atoms with Gasteiger partial charge in [-0.25, -0.2) is 4.39 Å². The summed E-state index contributed by atoms with van der Waals surface area (Å²) < 4.78 is 15.5. The average molecular weight is 349 g/mol. The fourth-order valence-corrected chi connectivity index (χ4v) is 3.77. The minimum absolute atomic E-state index is 0.195. The van der Waals surface area contributed by atoms with E-state index in [1.165, 1.54) is 47.7 Å². The second kappa shape index (κ2) is 7.16. The van der Waals surface area contributed by atoms with Gasteiger partial charge in [0, 0.05) is 35.9 Å². The average Bonchev–Trinajstić information content (AvgIpc) is 3.42. The number of hydrogen-bond acceptors (Lipinski definition) is 2. The van der Waals surface area contributed by atoms with Crippen molar-refractivity contribution in [2.24, 2.45) is 0 Å². The largest absolute Gasteiger partial charge is 0.399 e. The summed E-state index contributed by atoms with van der Waals surface area (Å²) in [5.41, 5.74) is 10.5. The van der Waals surface area contributed by atoms with Crippen LogP contribution in [0.2, 0.25) is 12.6 Å². The zero-order valence-electron chi connectivity index (χ0n) is 15.3. The Kier molecular flexibility index (Phi) is 4.73. The minimum atomic E-state index is -0.195. The van der Waals surface area contributed by atoms with Crippen LogP contribution in [0.4, 0.5) is 10.1 Å². The lowest BCUT2D eigenvalue weighted by Gasteiger charge is -2.20. The molecule has 3 aromatic rings. The predicted octanol–water partition coefficient (Wildman–Crippen LogP) is 4.63. The summed E-state index contributed by atoms with van der Waals surface area (Å²) >= 11 is 0. The molecule has 0 spiro atoms. The highest BCUT2D eigenvalue weighted by atomic mass is 19.1. The maximum Gasteiger partial charge on any atom is 0.222 e. The molecule has 2 N–H and O–H groups in total. The van der Waals surface area contributed by atoms with Gasteiger partial charge in [0.2, 0.25) is 6.85 Å². The molecule has 0 aliphatic carbocycles. The van der Waals surface area contributed by atoms with Crippen molar-refractivity contribution in [3.05, 3.63) is 65.6 Å². The third-order valence-electron chi connectivity index (χ3n) is 5.20. The van der Waals surface area contributed by atoms with Gasteiger partial charge in [-0.3, -0.25) is 0 Å². The first-order chi connectivity index (χ1) is 12.6. The molecule has 2 heterocycles. The van der Waals surface area contributed by atoms with E-state index in [9.17, 15) is 4.39 Å². The molecule has 1 saturated heterocycles. The van der Waals surface area contributed by atoms with Gasteiger partial charge in [-0.05, 0) is 54.4 Å². The van der Waals surface area contributed by atoms with Crippen molar-refractivity contribution in [3.63, 3.8) is 0 Å². The Morgan fingerprint density at radius 3 is 2.62 bits per heavy atom. The van der Waals surface area contributed by atoms with Gasteiger partial charge in [0.05, 0.1) is 0 Å². The molecule has 0 saturated carbocycles. The lowest BCUT2D eigenvalue weighted by atomic mass is 9.83. The zero-order chi connectivity index (χ0) is 18.1. The Morgan fingerprint density at radius 1 is 1.15 bits per heavy atom. The predicted molar refractivity (Wildman–Crippen MR) is 108 cm³/mol. The highest BCUT2D eigenvalue weighted by Gasteiger charge is 2.33. The van der Waals surface area contributed by atoms with E-state index in [1.807, 2.05) is 18.2 Å². The van der Waals surface area contributed by atoms with Crippen LogP contribution in [0.5, 0.6) is 0 Å². The maximum atomic E-state index is 13.2. The number of fused-ring (bicyclic) bond motifs is 1. The SMILES string of the molecule is CCCN(Cc1cn(Cc2ccc(F)cc2)c2ccc(N)cc12)B1CC1. The fraction of sp³-hybridized carbons (Fsp3) is 0.333. The minimum Gasteiger partial charge on any atom is -0.399 e. The Morgan fingerprint density at radius 2 is 1.92 bits per heavy atom. The summed E-state index contributed by atoms with van der Waals surface area (Å²) in [6.45, 7) is 5.82. The van der Waals surface area contributed by atoms with Crippen molar-refractivity contribution < 1.29 is 4.39 Å². The number of anilines is 1. The number of nitrogen functional groups attached to an aromatic ring is 1. The Bertz CT molecular complexity index is 900. The van der Waals surface area contributed by atoms with E-state index in [0.29, 0.717) is 0 Å². The lowest BCUT2D eigenvalue weighted by molar-refractivity contribution is 0.436. The summed E-state index contributed by atoms with van der Waals surface area (Å²) in [5.74, 6) is -0.195. The Hall–Kier alpha value is -2.27. The van der Waals surface area contributed by atoms with Crippen molar-refractivity contribution in [2.75, 3.05) is 12.3 Å². The molecule has 0 unspecified atom stereocenters. The Labute approximate surface area is 154 Å². The quantitative estimate of drug-likeness (QED) is 0.499. The van der Waals surface area contributed by atoms with Crippen LogP contribution in [0.3, 0.4) is 0 Å². The molecule has 0 amide bonds. The highest BCUT2D eigenvalue weighted by molar-refractivity contribution is 6.66. The first kappa shape index (κ1) is 17.2. The molecule has 5 heteroatoms. The summed E-state index contributed by atoms with van der Waals surface area (Å²) in [5, 5.41) is 1.23. The molecule has 1 fully saturated rings. The normalized spacial score (nSPS) is 13.7. The summed E-state index contributed by atoms with van der Waals surface area (Å²) in [6.07, 6.45) is 6.05. The molecule has 4 rings (SSSR count). The molecule has 1 aliphatic heterocycles. The third-order valence-corrected chi connectivity index (χ3v) is 5.20. The Balaban J connectivity index is 1.68. The van der Waals surface area contributed by atoms with E-state index < -0.39 is 0 Å². The zero-order valence-corrected chi connectivity index (χ0v) is 15.3. The van der Waals surface area contributed by atoms with Crippen LogP contribution in [0.25, 0.3) is 10.9 Å². The van der Waals surface area contributed by atoms with E-state index >= 15 is 0 Å². The number of aromatic nitrogens is 1. The fourth-order valence-electron chi connectivity index (χ4n) is 3.77. The summed E-state index contributed by atoms with van der Waals surface area (Å²) in [4.78, 5) is 2.60. The van der Waals surface area contributed by atoms with Crippen molar-refractivity contribution in [3.8, 4) is 0 Å². The highest BCUT2D eigenvalue weighted by Crippen LogP contribution is 2.30. The second-order valence-electron chi connectivity index (χ2n) is 7.39. The van der Waals surface area contributed by atoms with E-state index in [4.69, 9.17) is 5.73 Å². The van der Waals surface area contributed by atoms with Gasteiger partial charge in [-0.15, -0.1) is 0 Å². The van der Waals surface area contributed by atoms with Crippen LogP contribution < -0.4 is 5.73 Å². The van der Waals surface area contributed by atoms with E-state index in [1.54, 1.807) is 0 Å². The van der Waals surface area contributed by atoms with Crippen molar-refractivity contribution in [1.29, 1.82) is 0 Å². The molecule has 3 nitrogen and oxygen atoms in total. The van der Waals surface area contributed by atoms with Gasteiger partial charge in [0.25, 0.3) is 0 Å². The van der Waals surface area contributed by atoms with Crippen molar-refractivity contribution in [2.45, 2.75) is 39.1 Å². The van der Waals surface area contributed by atoms with Gasteiger partial charge in [0.1, 0.15) is 5.82 Å². The molecule has 1 aliphatic rings. The summed E-state index contributed by atoms with van der Waals surface area (Å²) in [6, 6.07) is 12.9. The monoisotopic (exact) mass is 349 g/mol. The molecule has 0 radical (unpaired) electrons. The lowest BCUT2D eigenvalue weighted by Crippen LogP contribution is -2.29. The second-order valence-corrected chi connectivity index (χ2v) is 7.39. The molecular weight excluding hydrogens is 324 g/mol. The van der Waals surface area contributed by atoms with Crippen molar-refractivity contribution >= 4 is 23.4 Å². The molecule has 134 valence electrons. The molecule has 0 atom stereocenters. The molecular formula is C21H25BFN3. The number of benzene rings is 2. The number of hydrogen-bond donors (Lipinski definition) is 1. The van der Waals surface area contributed by atoms with Crippen LogP contribution in [0.15, 0.2) is 48.7 Å². The van der Waals surface area contributed by atoms with Crippen LogP contribution >= 0.6 is 0 Å². The third kappa shape index (κ3) is 3.63. The van der Waals surface area contributed by atoms with Gasteiger partial charge in [-0.2, -0.15) is 0 Å². The first-order valence-corrected chi connectivity index (χ1v) is 9.50. The van der Waals surface area contributed by atoms with E-state index in [0.717, 1.165) is 37.7 Å². The number of nitrogens with zero attached hydrogens (tertiary/aromatic N) is 2.